The molecule has 0 bridgehead atoms. The van der Waals surface area contributed by atoms with Crippen LogP contribution in [0.25, 0.3) is 44.9 Å². The highest BCUT2D eigenvalue weighted by molar-refractivity contribution is 5.84. The first-order chi connectivity index (χ1) is 17.6. The van der Waals surface area contributed by atoms with E-state index in [4.69, 9.17) is 15.1 Å². The Morgan fingerprint density at radius 3 is 2.39 bits per heavy atom. The second-order valence-electron chi connectivity index (χ2n) is 9.66. The van der Waals surface area contributed by atoms with E-state index in [2.05, 4.69) is 45.5 Å². The Hall–Kier alpha value is -4.26. The zero-order chi connectivity index (χ0) is 24.5. The number of aromatic nitrogens is 5. The van der Waals surface area contributed by atoms with Crippen LogP contribution in [0.15, 0.2) is 73.1 Å². The standard InChI is InChI=1S/C29H27N5O2/c35-28(36)15-18-1-3-19(4-2-18)20-5-7-21(8-6-20)24-11-10-23(17-30-24)29-32-26-12-9-22(16-27(26)33-29)25-13-14-31-34-25/h5-14,16-19H,1-4,15H2,(H,31,34)(H,32,33)(H,35,36). The molecule has 0 radical (unpaired) electrons. The van der Waals surface area contributed by atoms with Crippen LogP contribution in [-0.2, 0) is 4.79 Å². The van der Waals surface area contributed by atoms with Crippen LogP contribution in [0.2, 0.25) is 0 Å². The van der Waals surface area contributed by atoms with Gasteiger partial charge in [0, 0.05) is 35.5 Å². The maximum atomic E-state index is 11.0. The zero-order valence-corrected chi connectivity index (χ0v) is 19.8. The van der Waals surface area contributed by atoms with E-state index in [-0.39, 0.29) is 0 Å². The van der Waals surface area contributed by atoms with Gasteiger partial charge in [-0.15, -0.1) is 0 Å². The fraction of sp³-hybridized carbons (Fsp3) is 0.241. The molecule has 0 unspecified atom stereocenters. The molecule has 7 heteroatoms. The highest BCUT2D eigenvalue weighted by Crippen LogP contribution is 2.37. The summed E-state index contributed by atoms with van der Waals surface area (Å²) in [4.78, 5) is 23.8. The monoisotopic (exact) mass is 477 g/mol. The van der Waals surface area contributed by atoms with E-state index in [0.29, 0.717) is 18.3 Å². The summed E-state index contributed by atoms with van der Waals surface area (Å²) in [5.74, 6) is 0.952. The molecule has 1 saturated carbocycles. The lowest BCUT2D eigenvalue weighted by molar-refractivity contribution is -0.138. The number of aromatic amines is 2. The van der Waals surface area contributed by atoms with Gasteiger partial charge in [-0.25, -0.2) is 4.98 Å². The number of hydrogen-bond donors (Lipinski definition) is 3. The molecule has 2 aromatic carbocycles. The predicted octanol–water partition coefficient (Wildman–Crippen LogP) is 6.43. The van der Waals surface area contributed by atoms with Crippen LogP contribution in [0, 0.1) is 5.92 Å². The second-order valence-corrected chi connectivity index (χ2v) is 9.66. The minimum atomic E-state index is -0.680. The van der Waals surface area contributed by atoms with Gasteiger partial charge in [0.1, 0.15) is 5.82 Å². The smallest absolute Gasteiger partial charge is 0.303 e. The SMILES string of the molecule is O=C(O)CC1CCC(c2ccc(-c3ccc(-c4nc5ccc(-c6ccn[nH]6)cc5[nH]4)cn3)cc2)CC1. The van der Waals surface area contributed by atoms with E-state index < -0.39 is 5.97 Å². The molecule has 3 N–H and O–H groups in total. The molecule has 36 heavy (non-hydrogen) atoms. The molecule has 7 nitrogen and oxygen atoms in total. The van der Waals surface area contributed by atoms with Crippen LogP contribution in [0.3, 0.4) is 0 Å². The van der Waals surface area contributed by atoms with E-state index in [0.717, 1.165) is 70.6 Å². The van der Waals surface area contributed by atoms with Gasteiger partial charge in [0.05, 0.1) is 22.4 Å². The van der Waals surface area contributed by atoms with E-state index >= 15 is 0 Å². The van der Waals surface area contributed by atoms with Crippen molar-refractivity contribution in [3.05, 3.63) is 78.6 Å². The lowest BCUT2D eigenvalue weighted by atomic mass is 9.77. The average molecular weight is 478 g/mol. The highest BCUT2D eigenvalue weighted by atomic mass is 16.4. The predicted molar refractivity (Wildman–Crippen MR) is 139 cm³/mol. The molecular formula is C29H27N5O2. The first-order valence-corrected chi connectivity index (χ1v) is 12.4. The van der Waals surface area contributed by atoms with E-state index in [1.807, 2.05) is 36.5 Å². The molecule has 6 rings (SSSR count). The van der Waals surface area contributed by atoms with Gasteiger partial charge in [-0.3, -0.25) is 14.9 Å². The molecular weight excluding hydrogens is 450 g/mol. The molecule has 0 saturated heterocycles. The van der Waals surface area contributed by atoms with Crippen LogP contribution in [0.5, 0.6) is 0 Å². The summed E-state index contributed by atoms with van der Waals surface area (Å²) in [5, 5.41) is 16.1. The van der Waals surface area contributed by atoms with Crippen LogP contribution in [0.1, 0.15) is 43.6 Å². The van der Waals surface area contributed by atoms with Crippen molar-refractivity contribution >= 4 is 17.0 Å². The number of benzene rings is 2. The van der Waals surface area contributed by atoms with Crippen molar-refractivity contribution in [2.45, 2.75) is 38.0 Å². The average Bonchev–Trinajstić information content (AvgIpc) is 3.59. The summed E-state index contributed by atoms with van der Waals surface area (Å²) < 4.78 is 0. The number of fused-ring (bicyclic) bond motifs is 1. The third kappa shape index (κ3) is 4.52. The van der Waals surface area contributed by atoms with Crippen molar-refractivity contribution in [3.63, 3.8) is 0 Å². The van der Waals surface area contributed by atoms with Crippen molar-refractivity contribution in [1.82, 2.24) is 25.1 Å². The molecule has 1 aliphatic rings. The van der Waals surface area contributed by atoms with Gasteiger partial charge in [0.2, 0.25) is 0 Å². The number of pyridine rings is 1. The van der Waals surface area contributed by atoms with Crippen molar-refractivity contribution in [1.29, 1.82) is 0 Å². The summed E-state index contributed by atoms with van der Waals surface area (Å²) >= 11 is 0. The number of carboxylic acids is 1. The van der Waals surface area contributed by atoms with Gasteiger partial charge in [-0.2, -0.15) is 5.10 Å². The van der Waals surface area contributed by atoms with Gasteiger partial charge in [-0.05, 0) is 73.4 Å². The quantitative estimate of drug-likeness (QED) is 0.261. The summed E-state index contributed by atoms with van der Waals surface area (Å²) in [6, 6.07) is 20.8. The first-order valence-electron chi connectivity index (χ1n) is 12.4. The summed E-state index contributed by atoms with van der Waals surface area (Å²) in [6.07, 6.45) is 8.01. The molecule has 0 aliphatic heterocycles. The Balaban J connectivity index is 1.15. The molecule has 0 atom stereocenters. The fourth-order valence-corrected chi connectivity index (χ4v) is 5.31. The Bertz CT molecular complexity index is 1480. The number of nitrogens with zero attached hydrogens (tertiary/aromatic N) is 3. The molecule has 3 heterocycles. The van der Waals surface area contributed by atoms with Gasteiger partial charge in [0.25, 0.3) is 0 Å². The lowest BCUT2D eigenvalue weighted by Crippen LogP contribution is -2.16. The zero-order valence-electron chi connectivity index (χ0n) is 19.8. The maximum Gasteiger partial charge on any atom is 0.303 e. The molecule has 180 valence electrons. The highest BCUT2D eigenvalue weighted by Gasteiger charge is 2.24. The Morgan fingerprint density at radius 1 is 0.917 bits per heavy atom. The van der Waals surface area contributed by atoms with Gasteiger partial charge < -0.3 is 10.1 Å². The summed E-state index contributed by atoms with van der Waals surface area (Å²) in [7, 11) is 0. The van der Waals surface area contributed by atoms with Gasteiger partial charge in [-0.1, -0.05) is 30.3 Å². The minimum Gasteiger partial charge on any atom is -0.481 e. The second kappa shape index (κ2) is 9.41. The third-order valence-electron chi connectivity index (χ3n) is 7.32. The van der Waals surface area contributed by atoms with E-state index in [9.17, 15) is 4.79 Å². The molecule has 1 aliphatic carbocycles. The largest absolute Gasteiger partial charge is 0.481 e. The van der Waals surface area contributed by atoms with Crippen molar-refractivity contribution in [2.24, 2.45) is 5.92 Å². The third-order valence-corrected chi connectivity index (χ3v) is 7.32. The van der Waals surface area contributed by atoms with Gasteiger partial charge in [0.15, 0.2) is 0 Å². The van der Waals surface area contributed by atoms with Crippen LogP contribution < -0.4 is 0 Å². The number of rotatable bonds is 6. The van der Waals surface area contributed by atoms with Crippen LogP contribution in [0.4, 0.5) is 0 Å². The molecule has 1 fully saturated rings. The number of H-pyrrole nitrogens is 2. The Labute approximate surface area is 208 Å². The molecule has 0 spiro atoms. The van der Waals surface area contributed by atoms with Crippen LogP contribution in [-0.4, -0.2) is 36.2 Å². The lowest BCUT2D eigenvalue weighted by Gasteiger charge is -2.28. The first kappa shape index (κ1) is 22.2. The van der Waals surface area contributed by atoms with Crippen LogP contribution >= 0.6 is 0 Å². The van der Waals surface area contributed by atoms with E-state index in [1.54, 1.807) is 6.20 Å². The Kier molecular flexibility index (Phi) is 5.81. The van der Waals surface area contributed by atoms with E-state index in [1.165, 1.54) is 5.56 Å². The molecule has 5 aromatic rings. The number of nitrogens with one attached hydrogen (secondary N) is 2. The summed E-state index contributed by atoms with van der Waals surface area (Å²) in [5.41, 5.74) is 8.18. The normalized spacial score (nSPS) is 17.9. The molecule has 3 aromatic heterocycles. The number of carboxylic acid groups (broad SMARTS) is 1. The number of hydrogen-bond acceptors (Lipinski definition) is 4. The summed E-state index contributed by atoms with van der Waals surface area (Å²) in [6.45, 7) is 0. The number of aliphatic carboxylic acids is 1. The number of carbonyl (C=O) groups is 1. The Morgan fingerprint density at radius 2 is 1.69 bits per heavy atom. The van der Waals surface area contributed by atoms with Crippen molar-refractivity contribution in [3.8, 4) is 33.9 Å². The topological polar surface area (TPSA) is 108 Å². The minimum absolute atomic E-state index is 0.299. The van der Waals surface area contributed by atoms with Crippen molar-refractivity contribution in [2.75, 3.05) is 0 Å². The molecule has 0 amide bonds. The maximum absolute atomic E-state index is 11.0. The van der Waals surface area contributed by atoms with Gasteiger partial charge >= 0.3 is 5.97 Å². The fourth-order valence-electron chi connectivity index (χ4n) is 5.31. The van der Waals surface area contributed by atoms with Crippen molar-refractivity contribution < 1.29 is 9.90 Å². The number of imidazole rings is 1.